The molecule has 0 spiro atoms. The number of hydrogen-bond acceptors (Lipinski definition) is 8. The van der Waals surface area contributed by atoms with Crippen LogP contribution in [0.25, 0.3) is 10.9 Å². The van der Waals surface area contributed by atoms with Crippen molar-refractivity contribution in [2.75, 3.05) is 41.6 Å². The maximum atomic E-state index is 12.9. The molecule has 2 aromatic heterocycles. The van der Waals surface area contributed by atoms with Crippen LogP contribution in [-0.4, -0.2) is 47.3 Å². The molecule has 28 heavy (non-hydrogen) atoms. The monoisotopic (exact) mass is 414 g/mol. The van der Waals surface area contributed by atoms with Gasteiger partial charge in [0.05, 0.1) is 10.9 Å². The fourth-order valence-corrected chi connectivity index (χ4v) is 5.03. The Bertz CT molecular complexity index is 1060. The molecule has 9 heteroatoms. The number of nitrogens with one attached hydrogen (secondary N) is 1. The van der Waals surface area contributed by atoms with Crippen molar-refractivity contribution in [3.05, 3.63) is 34.3 Å². The van der Waals surface area contributed by atoms with Gasteiger partial charge in [-0.15, -0.1) is 11.3 Å². The third kappa shape index (κ3) is 3.14. The summed E-state index contributed by atoms with van der Waals surface area (Å²) in [6.45, 7) is 4.12. The van der Waals surface area contributed by atoms with Gasteiger partial charge in [-0.05, 0) is 19.1 Å². The molecule has 0 unspecified atom stereocenters. The Kier molecular flexibility index (Phi) is 4.48. The molecular weight excluding hydrogens is 396 g/mol. The van der Waals surface area contributed by atoms with Crippen LogP contribution in [0.5, 0.6) is 11.5 Å². The van der Waals surface area contributed by atoms with E-state index in [4.69, 9.17) is 9.47 Å². The number of benzene rings is 1. The van der Waals surface area contributed by atoms with Gasteiger partial charge in [0.15, 0.2) is 11.5 Å². The number of ether oxygens (including phenoxy) is 2. The van der Waals surface area contributed by atoms with Crippen LogP contribution in [0.3, 0.4) is 0 Å². The molecule has 0 saturated carbocycles. The third-order valence-corrected chi connectivity index (χ3v) is 6.60. The fraction of sp³-hybridized carbons (Fsp3) is 0.316. The fourth-order valence-electron chi connectivity index (χ4n) is 3.36. The average molecular weight is 415 g/mol. The number of thiophene rings is 1. The number of aromatic nitrogens is 2. The Labute approximate surface area is 170 Å². The van der Waals surface area contributed by atoms with Gasteiger partial charge in [-0.2, -0.15) is 11.8 Å². The summed E-state index contributed by atoms with van der Waals surface area (Å²) in [5.74, 6) is 4.12. The van der Waals surface area contributed by atoms with Crippen LogP contribution in [0.4, 0.5) is 11.5 Å². The van der Waals surface area contributed by atoms with Crippen LogP contribution in [-0.2, 0) is 0 Å². The number of hydrogen-bond donors (Lipinski definition) is 1. The van der Waals surface area contributed by atoms with E-state index in [9.17, 15) is 4.79 Å². The highest BCUT2D eigenvalue weighted by atomic mass is 32.2. The second-order valence-electron chi connectivity index (χ2n) is 6.54. The predicted molar refractivity (Wildman–Crippen MR) is 112 cm³/mol. The Balaban J connectivity index is 1.49. The third-order valence-electron chi connectivity index (χ3n) is 4.76. The zero-order valence-corrected chi connectivity index (χ0v) is 16.9. The van der Waals surface area contributed by atoms with Crippen LogP contribution in [0.15, 0.2) is 23.6 Å². The van der Waals surface area contributed by atoms with Gasteiger partial charge in [0.2, 0.25) is 12.6 Å². The summed E-state index contributed by atoms with van der Waals surface area (Å²) in [7, 11) is 0. The second kappa shape index (κ2) is 7.14. The molecule has 0 aliphatic carbocycles. The SMILES string of the molecule is Cc1scc2nc(C(=O)Nc3ccc4c(c3)OCO4)nc(N3CCSCC3)c12. The molecule has 1 saturated heterocycles. The molecule has 1 N–H and O–H groups in total. The van der Waals surface area contributed by atoms with Crippen LogP contribution >= 0.6 is 23.1 Å². The highest BCUT2D eigenvalue weighted by Crippen LogP contribution is 2.35. The lowest BCUT2D eigenvalue weighted by Crippen LogP contribution is -2.34. The zero-order valence-electron chi connectivity index (χ0n) is 15.2. The molecule has 4 heterocycles. The number of aryl methyl sites for hydroxylation is 1. The summed E-state index contributed by atoms with van der Waals surface area (Å²) >= 11 is 3.58. The summed E-state index contributed by atoms with van der Waals surface area (Å²) in [6.07, 6.45) is 0. The number of anilines is 2. The summed E-state index contributed by atoms with van der Waals surface area (Å²) in [6, 6.07) is 5.30. The first-order valence-corrected chi connectivity index (χ1v) is 11.0. The van der Waals surface area contributed by atoms with Crippen molar-refractivity contribution in [3.8, 4) is 11.5 Å². The molecule has 5 rings (SSSR count). The van der Waals surface area contributed by atoms with Gasteiger partial charge < -0.3 is 19.7 Å². The molecule has 0 radical (unpaired) electrons. The molecular formula is C19H18N4O3S2. The number of amides is 1. The summed E-state index contributed by atoms with van der Waals surface area (Å²) in [5.41, 5.74) is 1.44. The topological polar surface area (TPSA) is 76.6 Å². The molecule has 2 aliphatic rings. The van der Waals surface area contributed by atoms with Gasteiger partial charge in [0, 0.05) is 46.6 Å². The van der Waals surface area contributed by atoms with Gasteiger partial charge >= 0.3 is 0 Å². The second-order valence-corrected chi connectivity index (χ2v) is 8.85. The van der Waals surface area contributed by atoms with Crippen LogP contribution < -0.4 is 19.7 Å². The van der Waals surface area contributed by atoms with Crippen molar-refractivity contribution in [1.29, 1.82) is 0 Å². The maximum Gasteiger partial charge on any atom is 0.293 e. The lowest BCUT2D eigenvalue weighted by atomic mass is 10.2. The van der Waals surface area contributed by atoms with E-state index < -0.39 is 0 Å². The minimum Gasteiger partial charge on any atom is -0.454 e. The Morgan fingerprint density at radius 3 is 2.86 bits per heavy atom. The molecule has 0 atom stereocenters. The van der Waals surface area contributed by atoms with Crippen molar-refractivity contribution in [2.24, 2.45) is 0 Å². The van der Waals surface area contributed by atoms with Crippen molar-refractivity contribution >= 4 is 51.4 Å². The predicted octanol–water partition coefficient (Wildman–Crippen LogP) is 3.53. The highest BCUT2D eigenvalue weighted by Gasteiger charge is 2.22. The van der Waals surface area contributed by atoms with E-state index in [2.05, 4.69) is 27.1 Å². The summed E-state index contributed by atoms with van der Waals surface area (Å²) < 4.78 is 10.7. The Morgan fingerprint density at radius 1 is 1.18 bits per heavy atom. The Morgan fingerprint density at radius 2 is 2.00 bits per heavy atom. The molecule has 2 aliphatic heterocycles. The first-order valence-electron chi connectivity index (χ1n) is 8.98. The van der Waals surface area contributed by atoms with Gasteiger partial charge in [-0.25, -0.2) is 9.97 Å². The van der Waals surface area contributed by atoms with Crippen molar-refractivity contribution in [2.45, 2.75) is 6.92 Å². The van der Waals surface area contributed by atoms with E-state index >= 15 is 0 Å². The largest absolute Gasteiger partial charge is 0.454 e. The quantitative estimate of drug-likeness (QED) is 0.702. The van der Waals surface area contributed by atoms with Crippen LogP contribution in [0, 0.1) is 6.92 Å². The number of thioether (sulfide) groups is 1. The van der Waals surface area contributed by atoms with Gasteiger partial charge in [0.1, 0.15) is 5.82 Å². The first-order chi connectivity index (χ1) is 13.7. The lowest BCUT2D eigenvalue weighted by Gasteiger charge is -2.28. The number of carbonyl (C=O) groups excluding carboxylic acids is 1. The van der Waals surface area contributed by atoms with Gasteiger partial charge in [-0.3, -0.25) is 4.79 Å². The Hall–Kier alpha value is -2.52. The number of nitrogens with zero attached hydrogens (tertiary/aromatic N) is 3. The molecule has 0 bridgehead atoms. The lowest BCUT2D eigenvalue weighted by molar-refractivity contribution is 0.101. The minimum absolute atomic E-state index is 0.177. The van der Waals surface area contributed by atoms with Crippen molar-refractivity contribution < 1.29 is 14.3 Å². The number of carbonyl (C=O) groups is 1. The number of rotatable bonds is 3. The van der Waals surface area contributed by atoms with E-state index in [1.54, 1.807) is 29.5 Å². The van der Waals surface area contributed by atoms with Crippen molar-refractivity contribution in [1.82, 2.24) is 9.97 Å². The molecule has 3 aromatic rings. The molecule has 144 valence electrons. The first kappa shape index (κ1) is 17.6. The average Bonchev–Trinajstić information content (AvgIpc) is 3.34. The standard InChI is InChI=1S/C19H18N4O3S2/c1-11-16-13(9-28-11)21-17(22-18(16)23-4-6-27-7-5-23)19(24)20-12-2-3-14-15(8-12)26-10-25-14/h2-3,8-9H,4-7,10H2,1H3,(H,20,24). The minimum atomic E-state index is -0.336. The molecule has 1 fully saturated rings. The molecule has 7 nitrogen and oxygen atoms in total. The molecule has 1 aromatic carbocycles. The van der Waals surface area contributed by atoms with E-state index in [-0.39, 0.29) is 18.5 Å². The van der Waals surface area contributed by atoms with Crippen LogP contribution in [0.2, 0.25) is 0 Å². The highest BCUT2D eigenvalue weighted by molar-refractivity contribution is 7.99. The van der Waals surface area contributed by atoms with E-state index in [0.717, 1.165) is 41.3 Å². The summed E-state index contributed by atoms with van der Waals surface area (Å²) in [5, 5.41) is 5.92. The van der Waals surface area contributed by atoms with Crippen molar-refractivity contribution in [3.63, 3.8) is 0 Å². The van der Waals surface area contributed by atoms with Crippen LogP contribution in [0.1, 0.15) is 15.5 Å². The van der Waals surface area contributed by atoms with E-state index in [0.29, 0.717) is 17.2 Å². The molecule has 1 amide bonds. The van der Waals surface area contributed by atoms with Gasteiger partial charge in [-0.1, -0.05) is 0 Å². The number of fused-ring (bicyclic) bond motifs is 2. The zero-order chi connectivity index (χ0) is 19.1. The summed E-state index contributed by atoms with van der Waals surface area (Å²) in [4.78, 5) is 25.5. The smallest absolute Gasteiger partial charge is 0.293 e. The normalized spacial score (nSPS) is 15.8. The maximum absolute atomic E-state index is 12.9. The van der Waals surface area contributed by atoms with E-state index in [1.165, 1.54) is 4.88 Å². The van der Waals surface area contributed by atoms with E-state index in [1.807, 2.05) is 17.1 Å². The van der Waals surface area contributed by atoms with Gasteiger partial charge in [0.25, 0.3) is 5.91 Å².